The van der Waals surface area contributed by atoms with Crippen LogP contribution in [0.3, 0.4) is 0 Å². The highest BCUT2D eigenvalue weighted by Gasteiger charge is 2.24. The van der Waals surface area contributed by atoms with Crippen LogP contribution in [0, 0.1) is 22.7 Å². The van der Waals surface area contributed by atoms with Crippen molar-refractivity contribution >= 4 is 5.97 Å². The highest BCUT2D eigenvalue weighted by Crippen LogP contribution is 2.32. The molecule has 3 heteroatoms. The first-order valence-electron chi connectivity index (χ1n) is 5.44. The minimum absolute atomic E-state index is 0.0717. The van der Waals surface area contributed by atoms with Crippen molar-refractivity contribution in [1.29, 1.82) is 5.26 Å². The third kappa shape index (κ3) is 6.11. The quantitative estimate of drug-likeness (QED) is 0.657. The van der Waals surface area contributed by atoms with Gasteiger partial charge >= 0.3 is 5.97 Å². The van der Waals surface area contributed by atoms with Crippen LogP contribution in [0.5, 0.6) is 0 Å². The number of carbonyl (C=O) groups is 1. The van der Waals surface area contributed by atoms with Gasteiger partial charge in [0, 0.05) is 12.8 Å². The van der Waals surface area contributed by atoms with Gasteiger partial charge in [0.25, 0.3) is 0 Å². The van der Waals surface area contributed by atoms with Crippen molar-refractivity contribution in [3.63, 3.8) is 0 Å². The monoisotopic (exact) mass is 211 g/mol. The Morgan fingerprint density at radius 2 is 2.07 bits per heavy atom. The summed E-state index contributed by atoms with van der Waals surface area (Å²) in [6.45, 7) is 8.52. The summed E-state index contributed by atoms with van der Waals surface area (Å²) in [6.07, 6.45) is 1.65. The molecule has 0 bridgehead atoms. The highest BCUT2D eigenvalue weighted by atomic mass is 16.5. The van der Waals surface area contributed by atoms with E-state index in [2.05, 4.69) is 26.8 Å². The topological polar surface area (TPSA) is 50.1 Å². The number of hydrogen-bond acceptors (Lipinski definition) is 3. The SMILES string of the molecule is CCOC(=O)CCC(CC#N)C(C)(C)C. The molecule has 0 aromatic carbocycles. The molecule has 15 heavy (non-hydrogen) atoms. The Morgan fingerprint density at radius 1 is 1.47 bits per heavy atom. The maximum absolute atomic E-state index is 11.2. The third-order valence-corrected chi connectivity index (χ3v) is 2.56. The van der Waals surface area contributed by atoms with Crippen LogP contribution < -0.4 is 0 Å². The van der Waals surface area contributed by atoms with Crippen LogP contribution in [0.2, 0.25) is 0 Å². The molecule has 0 fully saturated rings. The minimum Gasteiger partial charge on any atom is -0.466 e. The molecule has 0 rings (SSSR count). The van der Waals surface area contributed by atoms with Crippen LogP contribution in [0.1, 0.15) is 47.0 Å². The zero-order chi connectivity index (χ0) is 11.9. The summed E-state index contributed by atoms with van der Waals surface area (Å²) in [5, 5.41) is 8.70. The summed E-state index contributed by atoms with van der Waals surface area (Å²) in [6, 6.07) is 2.18. The summed E-state index contributed by atoms with van der Waals surface area (Å²) in [4.78, 5) is 11.2. The molecule has 3 nitrogen and oxygen atoms in total. The molecule has 0 aromatic heterocycles. The second-order valence-corrected chi connectivity index (χ2v) is 4.77. The number of esters is 1. The van der Waals surface area contributed by atoms with Gasteiger partial charge < -0.3 is 4.74 Å². The normalized spacial score (nSPS) is 13.0. The first-order valence-corrected chi connectivity index (χ1v) is 5.44. The Balaban J connectivity index is 4.09. The van der Waals surface area contributed by atoms with Gasteiger partial charge in [-0.3, -0.25) is 4.79 Å². The molecule has 86 valence electrons. The van der Waals surface area contributed by atoms with Gasteiger partial charge in [0.15, 0.2) is 0 Å². The maximum atomic E-state index is 11.2. The van der Waals surface area contributed by atoms with Crippen molar-refractivity contribution in [1.82, 2.24) is 0 Å². The molecule has 0 amide bonds. The van der Waals surface area contributed by atoms with Gasteiger partial charge in [-0.05, 0) is 24.7 Å². The molecule has 0 saturated heterocycles. The van der Waals surface area contributed by atoms with Gasteiger partial charge in [0.2, 0.25) is 0 Å². The van der Waals surface area contributed by atoms with E-state index in [4.69, 9.17) is 10.00 Å². The molecule has 0 radical (unpaired) electrons. The Hall–Kier alpha value is -1.04. The third-order valence-electron chi connectivity index (χ3n) is 2.56. The number of nitriles is 1. The smallest absolute Gasteiger partial charge is 0.305 e. The average Bonchev–Trinajstić information content (AvgIpc) is 2.10. The van der Waals surface area contributed by atoms with Crippen LogP contribution in [-0.2, 0) is 9.53 Å². The Bertz CT molecular complexity index is 235. The van der Waals surface area contributed by atoms with E-state index in [9.17, 15) is 4.79 Å². The minimum atomic E-state index is -0.162. The number of hydrogen-bond donors (Lipinski definition) is 0. The average molecular weight is 211 g/mol. The van der Waals surface area contributed by atoms with E-state index in [1.165, 1.54) is 0 Å². The molecular formula is C12H21NO2. The second-order valence-electron chi connectivity index (χ2n) is 4.77. The zero-order valence-electron chi connectivity index (χ0n) is 10.2. The van der Waals surface area contributed by atoms with E-state index < -0.39 is 0 Å². The van der Waals surface area contributed by atoms with Crippen molar-refractivity contribution in [2.75, 3.05) is 6.61 Å². The Morgan fingerprint density at radius 3 is 2.47 bits per heavy atom. The molecule has 0 aromatic rings. The fourth-order valence-corrected chi connectivity index (χ4v) is 1.48. The number of rotatable bonds is 5. The van der Waals surface area contributed by atoms with E-state index in [0.29, 0.717) is 19.4 Å². The zero-order valence-corrected chi connectivity index (χ0v) is 10.2. The van der Waals surface area contributed by atoms with E-state index in [1.807, 2.05) is 0 Å². The molecule has 0 aliphatic carbocycles. The molecule has 1 atom stereocenters. The van der Waals surface area contributed by atoms with Gasteiger partial charge in [0.05, 0.1) is 12.7 Å². The van der Waals surface area contributed by atoms with Crippen molar-refractivity contribution in [2.24, 2.45) is 11.3 Å². The first kappa shape index (κ1) is 14.0. The number of nitrogens with zero attached hydrogens (tertiary/aromatic N) is 1. The van der Waals surface area contributed by atoms with Crippen molar-refractivity contribution in [3.8, 4) is 6.07 Å². The lowest BCUT2D eigenvalue weighted by Gasteiger charge is -2.28. The summed E-state index contributed by atoms with van der Waals surface area (Å²) >= 11 is 0. The van der Waals surface area contributed by atoms with Crippen LogP contribution in [0.25, 0.3) is 0 Å². The van der Waals surface area contributed by atoms with Gasteiger partial charge in [0.1, 0.15) is 0 Å². The van der Waals surface area contributed by atoms with E-state index in [0.717, 1.165) is 6.42 Å². The van der Waals surface area contributed by atoms with Crippen LogP contribution in [-0.4, -0.2) is 12.6 Å². The molecule has 0 heterocycles. The predicted molar refractivity (Wildman–Crippen MR) is 59.0 cm³/mol. The van der Waals surface area contributed by atoms with Crippen LogP contribution >= 0.6 is 0 Å². The Kier molecular flexibility index (Phi) is 6.00. The standard InChI is InChI=1S/C12H21NO2/c1-5-15-11(14)7-6-10(8-9-13)12(2,3)4/h10H,5-8H2,1-4H3. The summed E-state index contributed by atoms with van der Waals surface area (Å²) in [5.74, 6) is 0.0941. The van der Waals surface area contributed by atoms with E-state index in [1.54, 1.807) is 6.92 Å². The number of ether oxygens (including phenoxy) is 1. The van der Waals surface area contributed by atoms with E-state index in [-0.39, 0.29) is 17.3 Å². The van der Waals surface area contributed by atoms with Gasteiger partial charge in [-0.1, -0.05) is 20.8 Å². The summed E-state index contributed by atoms with van der Waals surface area (Å²) < 4.78 is 4.86. The predicted octanol–water partition coefficient (Wildman–Crippen LogP) is 2.91. The second kappa shape index (κ2) is 6.44. The fraction of sp³-hybridized carbons (Fsp3) is 0.833. The molecular weight excluding hydrogens is 190 g/mol. The van der Waals surface area contributed by atoms with Crippen molar-refractivity contribution in [3.05, 3.63) is 0 Å². The molecule has 0 aliphatic rings. The van der Waals surface area contributed by atoms with Gasteiger partial charge in [-0.25, -0.2) is 0 Å². The highest BCUT2D eigenvalue weighted by molar-refractivity contribution is 5.69. The lowest BCUT2D eigenvalue weighted by molar-refractivity contribution is -0.143. The molecule has 0 N–H and O–H groups in total. The Labute approximate surface area is 92.4 Å². The van der Waals surface area contributed by atoms with E-state index >= 15 is 0 Å². The molecule has 0 aliphatic heterocycles. The largest absolute Gasteiger partial charge is 0.466 e. The number of carbonyl (C=O) groups excluding carboxylic acids is 1. The maximum Gasteiger partial charge on any atom is 0.305 e. The van der Waals surface area contributed by atoms with Crippen LogP contribution in [0.15, 0.2) is 0 Å². The molecule has 0 spiro atoms. The lowest BCUT2D eigenvalue weighted by Crippen LogP contribution is -2.21. The first-order chi connectivity index (χ1) is 6.91. The van der Waals surface area contributed by atoms with Gasteiger partial charge in [-0.2, -0.15) is 5.26 Å². The molecule has 1 unspecified atom stereocenters. The fourth-order valence-electron chi connectivity index (χ4n) is 1.48. The van der Waals surface area contributed by atoms with Crippen LogP contribution in [0.4, 0.5) is 0 Å². The van der Waals surface area contributed by atoms with Gasteiger partial charge in [-0.15, -0.1) is 0 Å². The summed E-state index contributed by atoms with van der Waals surface area (Å²) in [5.41, 5.74) is 0.0717. The van der Waals surface area contributed by atoms with Crippen molar-refractivity contribution < 1.29 is 9.53 Å². The molecule has 0 saturated carbocycles. The summed E-state index contributed by atoms with van der Waals surface area (Å²) in [7, 11) is 0. The van der Waals surface area contributed by atoms with Crippen molar-refractivity contribution in [2.45, 2.75) is 47.0 Å². The lowest BCUT2D eigenvalue weighted by atomic mass is 9.76.